The molecule has 0 unspecified atom stereocenters. The number of fused-ring (bicyclic) bond motifs is 1. The van der Waals surface area contributed by atoms with E-state index in [4.69, 9.17) is 9.47 Å². The van der Waals surface area contributed by atoms with Crippen LogP contribution in [-0.2, 0) is 21.4 Å². The normalized spacial score (nSPS) is 12.9. The van der Waals surface area contributed by atoms with Gasteiger partial charge in [0.25, 0.3) is 0 Å². The van der Waals surface area contributed by atoms with Gasteiger partial charge in [0.1, 0.15) is 19.8 Å². The van der Waals surface area contributed by atoms with Crippen LogP contribution >= 0.6 is 0 Å². The summed E-state index contributed by atoms with van der Waals surface area (Å²) in [6.45, 7) is 2.32. The maximum Gasteiger partial charge on any atom is 0.241 e. The second-order valence-electron chi connectivity index (χ2n) is 7.15. The van der Waals surface area contributed by atoms with Crippen molar-refractivity contribution in [1.82, 2.24) is 14.9 Å². The van der Waals surface area contributed by atoms with Crippen LogP contribution in [0.25, 0.3) is 5.69 Å². The Kier molecular flexibility index (Phi) is 6.31. The Morgan fingerprint density at radius 2 is 1.88 bits per heavy atom. The summed E-state index contributed by atoms with van der Waals surface area (Å²) >= 11 is 0. The van der Waals surface area contributed by atoms with Gasteiger partial charge < -0.3 is 19.4 Å². The van der Waals surface area contributed by atoms with Crippen molar-refractivity contribution in [2.24, 2.45) is 0 Å². The van der Waals surface area contributed by atoms with E-state index in [-0.39, 0.29) is 18.8 Å². The monoisotopic (exact) mass is 456 g/mol. The molecule has 0 saturated heterocycles. The molecule has 1 aliphatic heterocycles. The summed E-state index contributed by atoms with van der Waals surface area (Å²) in [6, 6.07) is 12.5. The number of sulfonamides is 1. The van der Waals surface area contributed by atoms with Crippen molar-refractivity contribution in [3.63, 3.8) is 0 Å². The second kappa shape index (κ2) is 9.31. The Labute approximate surface area is 186 Å². The van der Waals surface area contributed by atoms with E-state index >= 15 is 0 Å². The van der Waals surface area contributed by atoms with Gasteiger partial charge in [-0.3, -0.25) is 9.10 Å². The summed E-state index contributed by atoms with van der Waals surface area (Å²) in [5.74, 6) is 0.473. The highest BCUT2D eigenvalue weighted by Crippen LogP contribution is 2.34. The van der Waals surface area contributed by atoms with Gasteiger partial charge in [-0.25, -0.2) is 13.4 Å². The predicted molar refractivity (Wildman–Crippen MR) is 120 cm³/mol. The first kappa shape index (κ1) is 21.7. The van der Waals surface area contributed by atoms with E-state index in [1.807, 2.05) is 35.0 Å². The number of nitrogens with zero attached hydrogens (tertiary/aromatic N) is 3. The summed E-state index contributed by atoms with van der Waals surface area (Å²) < 4.78 is 39.4. The molecule has 1 amide bonds. The van der Waals surface area contributed by atoms with Crippen LogP contribution in [0.3, 0.4) is 0 Å². The van der Waals surface area contributed by atoms with Crippen LogP contribution in [0.2, 0.25) is 0 Å². The van der Waals surface area contributed by atoms with E-state index < -0.39 is 15.9 Å². The number of nitrogens with one attached hydrogen (secondary N) is 1. The first-order valence-electron chi connectivity index (χ1n) is 10.2. The molecule has 0 atom stereocenters. The number of hydrogen-bond donors (Lipinski definition) is 1. The van der Waals surface area contributed by atoms with Crippen LogP contribution in [-0.4, -0.2) is 49.4 Å². The molecule has 0 radical (unpaired) electrons. The lowest BCUT2D eigenvalue weighted by atomic mass is 10.2. The molecule has 0 aliphatic carbocycles. The van der Waals surface area contributed by atoms with E-state index in [9.17, 15) is 13.2 Å². The number of amides is 1. The first-order valence-corrected chi connectivity index (χ1v) is 11.8. The Hall–Kier alpha value is -3.53. The fourth-order valence-electron chi connectivity index (χ4n) is 3.28. The lowest BCUT2D eigenvalue weighted by Gasteiger charge is -2.25. The SMILES string of the molecule is CCS(=O)(=O)N(CC(=O)NCc1ccc(-n2ccnc2)cc1)c1ccc2c(c1)OCCO2. The molecule has 32 heavy (non-hydrogen) atoms. The maximum absolute atomic E-state index is 12.7. The number of carbonyl (C=O) groups excluding carboxylic acids is 1. The molecule has 1 N–H and O–H groups in total. The van der Waals surface area contributed by atoms with Crippen LogP contribution in [0.4, 0.5) is 5.69 Å². The van der Waals surface area contributed by atoms with Gasteiger partial charge in [0.05, 0.1) is 17.8 Å². The van der Waals surface area contributed by atoms with Crippen LogP contribution in [0.15, 0.2) is 61.2 Å². The number of anilines is 1. The van der Waals surface area contributed by atoms with E-state index in [0.717, 1.165) is 15.6 Å². The fraction of sp³-hybridized carbons (Fsp3) is 0.273. The summed E-state index contributed by atoms with van der Waals surface area (Å²) in [5, 5.41) is 2.79. The number of hydrogen-bond acceptors (Lipinski definition) is 6. The molecule has 168 valence electrons. The number of rotatable bonds is 8. The van der Waals surface area contributed by atoms with E-state index in [1.165, 1.54) is 0 Å². The molecule has 9 nitrogen and oxygen atoms in total. The van der Waals surface area contributed by atoms with Gasteiger partial charge in [-0.15, -0.1) is 0 Å². The topological polar surface area (TPSA) is 103 Å². The molecule has 3 aromatic rings. The highest BCUT2D eigenvalue weighted by molar-refractivity contribution is 7.92. The summed E-state index contributed by atoms with van der Waals surface area (Å²) in [4.78, 5) is 16.6. The summed E-state index contributed by atoms with van der Waals surface area (Å²) in [7, 11) is -3.68. The molecule has 0 bridgehead atoms. The fourth-order valence-corrected chi connectivity index (χ4v) is 4.34. The highest BCUT2D eigenvalue weighted by atomic mass is 32.2. The van der Waals surface area contributed by atoms with Crippen molar-refractivity contribution in [3.05, 3.63) is 66.7 Å². The van der Waals surface area contributed by atoms with Crippen LogP contribution in [0.5, 0.6) is 11.5 Å². The molecule has 2 heterocycles. The Balaban J connectivity index is 1.44. The van der Waals surface area contributed by atoms with Gasteiger partial charge in [-0.1, -0.05) is 12.1 Å². The van der Waals surface area contributed by atoms with Gasteiger partial charge in [-0.05, 0) is 36.8 Å². The zero-order valence-corrected chi connectivity index (χ0v) is 18.4. The zero-order valence-electron chi connectivity index (χ0n) is 17.6. The minimum absolute atomic E-state index is 0.134. The average molecular weight is 457 g/mol. The van der Waals surface area contributed by atoms with Crippen molar-refractivity contribution >= 4 is 21.6 Å². The minimum atomic E-state index is -3.68. The second-order valence-corrected chi connectivity index (χ2v) is 9.33. The summed E-state index contributed by atoms with van der Waals surface area (Å²) in [5.41, 5.74) is 2.21. The van der Waals surface area contributed by atoms with Crippen molar-refractivity contribution in [2.75, 3.05) is 29.8 Å². The number of ether oxygens (including phenoxy) is 2. The van der Waals surface area contributed by atoms with Crippen molar-refractivity contribution < 1.29 is 22.7 Å². The Morgan fingerprint density at radius 3 is 2.56 bits per heavy atom. The number of imidazole rings is 1. The summed E-state index contributed by atoms with van der Waals surface area (Å²) in [6.07, 6.45) is 5.25. The van der Waals surface area contributed by atoms with Crippen molar-refractivity contribution in [2.45, 2.75) is 13.5 Å². The standard InChI is InChI=1S/C22H24N4O5S/c1-2-32(28,29)26(19-7-8-20-21(13-19)31-12-11-30-20)15-22(27)24-14-17-3-5-18(6-4-17)25-10-9-23-16-25/h3-10,13,16H,2,11-12,14-15H2,1H3,(H,24,27). The van der Waals surface area contributed by atoms with Crippen molar-refractivity contribution in [1.29, 1.82) is 0 Å². The molecule has 0 fully saturated rings. The molecule has 4 rings (SSSR count). The molecule has 1 aliphatic rings. The van der Waals surface area contributed by atoms with E-state index in [1.54, 1.807) is 37.6 Å². The molecular formula is C22H24N4O5S. The zero-order chi connectivity index (χ0) is 22.6. The number of aromatic nitrogens is 2. The number of carbonyl (C=O) groups is 1. The lowest BCUT2D eigenvalue weighted by molar-refractivity contribution is -0.119. The van der Waals surface area contributed by atoms with Gasteiger partial charge >= 0.3 is 0 Å². The molecule has 2 aromatic carbocycles. The average Bonchev–Trinajstić information content (AvgIpc) is 3.36. The molecule has 10 heteroatoms. The number of benzene rings is 2. The van der Waals surface area contributed by atoms with E-state index in [0.29, 0.717) is 30.4 Å². The lowest BCUT2D eigenvalue weighted by Crippen LogP contribution is -2.41. The molecule has 1 aromatic heterocycles. The van der Waals surface area contributed by atoms with Crippen LogP contribution in [0, 0.1) is 0 Å². The maximum atomic E-state index is 12.7. The highest BCUT2D eigenvalue weighted by Gasteiger charge is 2.25. The van der Waals surface area contributed by atoms with Crippen LogP contribution < -0.4 is 19.1 Å². The third-order valence-electron chi connectivity index (χ3n) is 5.03. The molecule has 0 saturated carbocycles. The van der Waals surface area contributed by atoms with Gasteiger partial charge in [-0.2, -0.15) is 0 Å². The molecule has 0 spiro atoms. The van der Waals surface area contributed by atoms with Gasteiger partial charge in [0.2, 0.25) is 15.9 Å². The van der Waals surface area contributed by atoms with E-state index in [2.05, 4.69) is 10.3 Å². The van der Waals surface area contributed by atoms with Gasteiger partial charge in [0.15, 0.2) is 11.5 Å². The largest absolute Gasteiger partial charge is 0.486 e. The smallest absolute Gasteiger partial charge is 0.241 e. The third kappa shape index (κ3) is 4.86. The van der Waals surface area contributed by atoms with Gasteiger partial charge in [0, 0.05) is 30.7 Å². The quantitative estimate of drug-likeness (QED) is 0.557. The minimum Gasteiger partial charge on any atom is -0.486 e. The molecular weight excluding hydrogens is 432 g/mol. The predicted octanol–water partition coefficient (Wildman–Crippen LogP) is 2.12. The Bertz CT molecular complexity index is 1180. The first-order chi connectivity index (χ1) is 15.5. The Morgan fingerprint density at radius 1 is 1.12 bits per heavy atom. The van der Waals surface area contributed by atoms with Crippen molar-refractivity contribution in [3.8, 4) is 17.2 Å². The van der Waals surface area contributed by atoms with Crippen LogP contribution in [0.1, 0.15) is 12.5 Å². The third-order valence-corrected chi connectivity index (χ3v) is 6.77.